The van der Waals surface area contributed by atoms with Gasteiger partial charge in [0.15, 0.2) is 23.8 Å². The molecule has 4 atom stereocenters. The Morgan fingerprint density at radius 2 is 0.735 bits per heavy atom. The number of rotatable bonds is 25. The van der Waals surface area contributed by atoms with Crippen LogP contribution in [0.3, 0.4) is 0 Å². The molecule has 0 aliphatic carbocycles. The molecule has 0 saturated carbocycles. The van der Waals surface area contributed by atoms with Crippen molar-refractivity contribution in [2.45, 2.75) is 75.5 Å². The number of nitrogens with one attached hydrogen (secondary N) is 4. The molecule has 0 aliphatic rings. The van der Waals surface area contributed by atoms with Crippen molar-refractivity contribution in [2.24, 2.45) is 71.6 Å². The van der Waals surface area contributed by atoms with E-state index >= 15 is 0 Å². The lowest BCUT2D eigenvalue weighted by atomic mass is 10.0. The van der Waals surface area contributed by atoms with Crippen molar-refractivity contribution in [1.82, 2.24) is 21.3 Å². The number of nitrogens with zero attached hydrogens (tertiary/aromatic N) is 4. The average molecular weight is 700 g/mol. The maximum atomic E-state index is 13.6. The second-order valence-corrected chi connectivity index (χ2v) is 10.6. The summed E-state index contributed by atoms with van der Waals surface area (Å²) in [4.78, 5) is 79.7. The van der Waals surface area contributed by atoms with E-state index in [1.54, 1.807) is 0 Å². The number of carbonyl (C=O) groups excluding carboxylic acids is 4. The number of carboxylic acids is 1. The maximum absolute atomic E-state index is 13.6. The van der Waals surface area contributed by atoms with E-state index in [1.165, 1.54) is 0 Å². The van der Waals surface area contributed by atoms with Gasteiger partial charge in [-0.05, 0) is 51.4 Å². The number of amides is 4. The second-order valence-electron chi connectivity index (χ2n) is 10.6. The molecule has 0 spiro atoms. The van der Waals surface area contributed by atoms with Crippen molar-refractivity contribution in [3.63, 3.8) is 0 Å². The van der Waals surface area contributed by atoms with Gasteiger partial charge in [-0.1, -0.05) is 0 Å². The number of hydrogen-bond donors (Lipinski definition) is 14. The zero-order chi connectivity index (χ0) is 37.4. The first kappa shape index (κ1) is 43.4. The Bertz CT molecular complexity index is 1190. The summed E-state index contributed by atoms with van der Waals surface area (Å²) < 4.78 is 0. The summed E-state index contributed by atoms with van der Waals surface area (Å²) in [6, 6.07) is -4.97. The monoisotopic (exact) mass is 699 g/mol. The van der Waals surface area contributed by atoms with E-state index in [9.17, 15) is 29.1 Å². The SMILES string of the molecule is NCC(=O)NC(CCCN=C(N)N)C(=O)NC(CCCN=C(N)N)C(=O)NC(CCCN=C(N)N)C(=O)NC(CCCN=C(N)N)C(=O)O. The fourth-order valence-electron chi connectivity index (χ4n) is 4.15. The van der Waals surface area contributed by atoms with Crippen LogP contribution in [0, 0.1) is 0 Å². The summed E-state index contributed by atoms with van der Waals surface area (Å²) >= 11 is 0. The van der Waals surface area contributed by atoms with Crippen molar-refractivity contribution < 1.29 is 29.1 Å². The zero-order valence-corrected chi connectivity index (χ0v) is 27.5. The third-order valence-corrected chi connectivity index (χ3v) is 6.50. The minimum Gasteiger partial charge on any atom is -0.480 e. The molecular weight excluding hydrogens is 646 g/mol. The molecule has 23 N–H and O–H groups in total. The standard InChI is InChI=1S/C26H53N17O6/c27-13-18(44)40-14(5-1-9-36-23(28)29)19(45)41-15(6-2-10-37-24(30)31)20(46)42-16(7-3-11-38-25(32)33)21(47)43-17(22(48)49)8-4-12-39-26(34)35/h14-17H,1-13,27H2,(H,40,44)(H,41,45)(H,42,46)(H,43,47)(H,48,49)(H4,28,29,36)(H4,30,31,37)(H4,32,33,38)(H4,34,35,39). The third-order valence-electron chi connectivity index (χ3n) is 6.50. The van der Waals surface area contributed by atoms with Crippen LogP contribution < -0.4 is 72.9 Å². The van der Waals surface area contributed by atoms with E-state index in [1.807, 2.05) is 0 Å². The number of aliphatic carboxylic acids is 1. The lowest BCUT2D eigenvalue weighted by Gasteiger charge is -2.26. The predicted octanol–water partition coefficient (Wildman–Crippen LogP) is -6.82. The van der Waals surface area contributed by atoms with Crippen LogP contribution in [0.15, 0.2) is 20.0 Å². The maximum Gasteiger partial charge on any atom is 0.326 e. The molecule has 4 unspecified atom stereocenters. The summed E-state index contributed by atoms with van der Waals surface area (Å²) in [7, 11) is 0. The van der Waals surface area contributed by atoms with Crippen LogP contribution >= 0.6 is 0 Å². The van der Waals surface area contributed by atoms with Crippen molar-refractivity contribution in [2.75, 3.05) is 32.7 Å². The zero-order valence-electron chi connectivity index (χ0n) is 27.5. The van der Waals surface area contributed by atoms with Crippen LogP contribution in [0.5, 0.6) is 0 Å². The highest BCUT2D eigenvalue weighted by molar-refractivity contribution is 5.95. The Hall–Kier alpha value is -5.61. The van der Waals surface area contributed by atoms with E-state index < -0.39 is 60.3 Å². The van der Waals surface area contributed by atoms with Crippen molar-refractivity contribution in [3.05, 3.63) is 0 Å². The van der Waals surface area contributed by atoms with Crippen LogP contribution in [0.2, 0.25) is 0 Å². The number of aliphatic imine (C=N–C) groups is 4. The van der Waals surface area contributed by atoms with Crippen LogP contribution in [0.25, 0.3) is 0 Å². The molecule has 0 radical (unpaired) electrons. The molecular formula is C26H53N17O6. The molecule has 49 heavy (non-hydrogen) atoms. The highest BCUT2D eigenvalue weighted by Crippen LogP contribution is 2.07. The highest BCUT2D eigenvalue weighted by Gasteiger charge is 2.31. The van der Waals surface area contributed by atoms with Gasteiger partial charge >= 0.3 is 5.97 Å². The fraction of sp³-hybridized carbons (Fsp3) is 0.654. The Balaban J connectivity index is 6.13. The fourth-order valence-corrected chi connectivity index (χ4v) is 4.15. The average Bonchev–Trinajstić information content (AvgIpc) is 3.01. The van der Waals surface area contributed by atoms with E-state index in [-0.39, 0.29) is 101 Å². The lowest BCUT2D eigenvalue weighted by Crippen LogP contribution is -2.58. The number of carbonyl (C=O) groups is 5. The minimum absolute atomic E-state index is 0.00475. The minimum atomic E-state index is -1.33. The van der Waals surface area contributed by atoms with Gasteiger partial charge in [0.05, 0.1) is 6.54 Å². The molecule has 0 fully saturated rings. The highest BCUT2D eigenvalue weighted by atomic mass is 16.4. The molecule has 4 amide bonds. The molecule has 0 bridgehead atoms. The Morgan fingerprint density at radius 3 is 1.00 bits per heavy atom. The van der Waals surface area contributed by atoms with Crippen LogP contribution in [-0.4, -0.2) is 115 Å². The first-order valence-electron chi connectivity index (χ1n) is 15.4. The number of carboxylic acid groups (broad SMARTS) is 1. The lowest BCUT2D eigenvalue weighted by molar-refractivity contribution is -0.142. The number of hydrogen-bond acceptors (Lipinski definition) is 10. The topological polar surface area (TPSA) is 437 Å². The normalized spacial score (nSPS) is 12.8. The summed E-state index contributed by atoms with van der Waals surface area (Å²) in [5.41, 5.74) is 48.2. The second kappa shape index (κ2) is 24.5. The largest absolute Gasteiger partial charge is 0.480 e. The Labute approximate surface area is 283 Å². The van der Waals surface area contributed by atoms with Gasteiger partial charge in [-0.2, -0.15) is 0 Å². The van der Waals surface area contributed by atoms with Gasteiger partial charge in [-0.3, -0.25) is 39.1 Å². The van der Waals surface area contributed by atoms with Crippen LogP contribution in [0.4, 0.5) is 0 Å². The van der Waals surface area contributed by atoms with Crippen molar-refractivity contribution in [3.8, 4) is 0 Å². The first-order valence-corrected chi connectivity index (χ1v) is 15.4. The Morgan fingerprint density at radius 1 is 0.469 bits per heavy atom. The number of nitrogens with two attached hydrogens (primary N) is 9. The quantitative estimate of drug-likeness (QED) is 0.0239. The van der Waals surface area contributed by atoms with Gasteiger partial charge in [-0.15, -0.1) is 0 Å². The van der Waals surface area contributed by atoms with Gasteiger partial charge in [0, 0.05) is 26.2 Å². The van der Waals surface area contributed by atoms with E-state index in [0.717, 1.165) is 0 Å². The van der Waals surface area contributed by atoms with Crippen LogP contribution in [0.1, 0.15) is 51.4 Å². The molecule has 0 saturated heterocycles. The van der Waals surface area contributed by atoms with Crippen LogP contribution in [-0.2, 0) is 24.0 Å². The van der Waals surface area contributed by atoms with E-state index in [0.29, 0.717) is 0 Å². The summed E-state index contributed by atoms with van der Waals surface area (Å²) in [6.07, 6.45) is 1.02. The van der Waals surface area contributed by atoms with E-state index in [4.69, 9.17) is 51.6 Å². The molecule has 278 valence electrons. The van der Waals surface area contributed by atoms with Gasteiger partial charge in [0.25, 0.3) is 0 Å². The van der Waals surface area contributed by atoms with E-state index in [2.05, 4.69) is 41.2 Å². The van der Waals surface area contributed by atoms with Gasteiger partial charge in [0.1, 0.15) is 24.2 Å². The van der Waals surface area contributed by atoms with Crippen molar-refractivity contribution in [1.29, 1.82) is 0 Å². The molecule has 0 aromatic heterocycles. The molecule has 23 nitrogen and oxygen atoms in total. The third kappa shape index (κ3) is 21.7. The summed E-state index contributed by atoms with van der Waals surface area (Å²) in [5.74, 6) is -4.96. The summed E-state index contributed by atoms with van der Waals surface area (Å²) in [5, 5.41) is 19.8. The molecule has 0 rings (SSSR count). The number of guanidine groups is 4. The van der Waals surface area contributed by atoms with Gasteiger partial charge in [0.2, 0.25) is 23.6 Å². The molecule has 0 heterocycles. The smallest absolute Gasteiger partial charge is 0.326 e. The first-order chi connectivity index (χ1) is 23.1. The van der Waals surface area contributed by atoms with Gasteiger partial charge < -0.3 is 78.0 Å². The van der Waals surface area contributed by atoms with Crippen molar-refractivity contribution >= 4 is 53.4 Å². The predicted molar refractivity (Wildman–Crippen MR) is 184 cm³/mol. The molecule has 0 aromatic carbocycles. The molecule has 0 aromatic rings. The summed E-state index contributed by atoms with van der Waals surface area (Å²) in [6.45, 7) is 0.0981. The molecule has 0 aliphatic heterocycles. The Kier molecular flexibility index (Phi) is 21.7. The van der Waals surface area contributed by atoms with Gasteiger partial charge in [-0.25, -0.2) is 4.79 Å². The molecule has 23 heteroatoms.